The van der Waals surface area contributed by atoms with E-state index in [4.69, 9.17) is 9.47 Å². The second-order valence-electron chi connectivity index (χ2n) is 7.49. The van der Waals surface area contributed by atoms with E-state index in [9.17, 15) is 4.79 Å². The van der Waals surface area contributed by atoms with Crippen molar-refractivity contribution < 1.29 is 14.3 Å². The zero-order valence-electron chi connectivity index (χ0n) is 15.8. The number of nitrogens with one attached hydrogen (secondary N) is 1. The quantitative estimate of drug-likeness (QED) is 0.816. The fourth-order valence-electron chi connectivity index (χ4n) is 3.98. The normalized spacial score (nSPS) is 24.2. The molecule has 1 amide bonds. The van der Waals surface area contributed by atoms with Crippen molar-refractivity contribution in [3.8, 4) is 0 Å². The van der Waals surface area contributed by atoms with Crippen LogP contribution in [0.1, 0.15) is 25.7 Å². The highest BCUT2D eigenvalue weighted by molar-refractivity contribution is 5.79. The van der Waals surface area contributed by atoms with Crippen molar-refractivity contribution in [1.29, 1.82) is 0 Å². The molecule has 8 nitrogen and oxygen atoms in total. The van der Waals surface area contributed by atoms with Crippen molar-refractivity contribution in [3.05, 3.63) is 12.1 Å². The van der Waals surface area contributed by atoms with Crippen LogP contribution in [-0.2, 0) is 14.3 Å². The van der Waals surface area contributed by atoms with E-state index in [1.165, 1.54) is 0 Å². The number of anilines is 2. The van der Waals surface area contributed by atoms with E-state index in [1.54, 1.807) is 0 Å². The largest absolute Gasteiger partial charge is 0.378 e. The molecule has 1 aromatic heterocycles. The van der Waals surface area contributed by atoms with Gasteiger partial charge in [0.15, 0.2) is 11.6 Å². The summed E-state index contributed by atoms with van der Waals surface area (Å²) in [6.07, 6.45) is 4.06. The van der Waals surface area contributed by atoms with Crippen LogP contribution >= 0.6 is 0 Å². The first-order valence-corrected chi connectivity index (χ1v) is 10.1. The molecule has 4 rings (SSSR count). The van der Waals surface area contributed by atoms with Gasteiger partial charge < -0.3 is 24.6 Å². The van der Waals surface area contributed by atoms with Gasteiger partial charge in [-0.05, 0) is 37.8 Å². The lowest BCUT2D eigenvalue weighted by Crippen LogP contribution is -2.42. The number of nitrogens with zero attached hydrogens (tertiary/aromatic N) is 4. The Morgan fingerprint density at radius 1 is 1.00 bits per heavy atom. The summed E-state index contributed by atoms with van der Waals surface area (Å²) in [5.41, 5.74) is 0. The Kier molecular flexibility index (Phi) is 6.03. The third-order valence-electron chi connectivity index (χ3n) is 5.69. The van der Waals surface area contributed by atoms with Gasteiger partial charge in [0.25, 0.3) is 0 Å². The Labute approximate surface area is 160 Å². The molecule has 1 unspecified atom stereocenters. The molecule has 27 heavy (non-hydrogen) atoms. The van der Waals surface area contributed by atoms with E-state index in [-0.39, 0.29) is 17.9 Å². The van der Waals surface area contributed by atoms with Crippen LogP contribution in [0.25, 0.3) is 0 Å². The number of carbonyl (C=O) groups excluding carboxylic acids is 1. The number of hydrogen-bond acceptors (Lipinski definition) is 7. The lowest BCUT2D eigenvalue weighted by atomic mass is 9.96. The first-order valence-electron chi connectivity index (χ1n) is 10.1. The number of rotatable bonds is 5. The second-order valence-corrected chi connectivity index (χ2v) is 7.49. The van der Waals surface area contributed by atoms with E-state index < -0.39 is 0 Å². The number of amides is 1. The van der Waals surface area contributed by atoms with E-state index >= 15 is 0 Å². The minimum absolute atomic E-state index is 0.0863. The third-order valence-corrected chi connectivity index (χ3v) is 5.69. The van der Waals surface area contributed by atoms with E-state index in [0.29, 0.717) is 6.54 Å². The predicted octanol–water partition coefficient (Wildman–Crippen LogP) is 0.825. The molecule has 0 aliphatic carbocycles. The Balaban J connectivity index is 1.24. The molecule has 3 aliphatic heterocycles. The van der Waals surface area contributed by atoms with Crippen LogP contribution in [0.4, 0.5) is 11.6 Å². The summed E-state index contributed by atoms with van der Waals surface area (Å²) in [6, 6.07) is 4.07. The molecule has 148 valence electrons. The number of ether oxygens (including phenoxy) is 2. The molecule has 0 aromatic carbocycles. The lowest BCUT2D eigenvalue weighted by Gasteiger charge is -2.32. The van der Waals surface area contributed by atoms with Gasteiger partial charge in [-0.15, -0.1) is 10.2 Å². The van der Waals surface area contributed by atoms with Crippen molar-refractivity contribution in [2.45, 2.75) is 31.8 Å². The number of piperidine rings is 1. The van der Waals surface area contributed by atoms with Crippen molar-refractivity contribution >= 4 is 17.5 Å². The highest BCUT2D eigenvalue weighted by Crippen LogP contribution is 2.23. The monoisotopic (exact) mass is 375 g/mol. The van der Waals surface area contributed by atoms with Crippen molar-refractivity contribution in [2.24, 2.45) is 5.92 Å². The van der Waals surface area contributed by atoms with Crippen LogP contribution in [-0.4, -0.2) is 74.8 Å². The van der Waals surface area contributed by atoms with E-state index in [1.807, 2.05) is 12.1 Å². The maximum absolute atomic E-state index is 12.4. The molecule has 1 aromatic rings. The van der Waals surface area contributed by atoms with Crippen LogP contribution in [0.15, 0.2) is 12.1 Å². The average Bonchev–Trinajstić information content (AvgIpc) is 3.27. The van der Waals surface area contributed by atoms with Crippen molar-refractivity contribution in [2.75, 3.05) is 62.3 Å². The molecule has 1 atom stereocenters. The summed E-state index contributed by atoms with van der Waals surface area (Å²) >= 11 is 0. The molecule has 4 heterocycles. The van der Waals surface area contributed by atoms with Gasteiger partial charge in [0.2, 0.25) is 5.91 Å². The SMILES string of the molecule is O=C(NCC1CCCO1)C1CCN(c2ccc(N3CCOCC3)nn2)CC1. The number of aromatic nitrogens is 2. The summed E-state index contributed by atoms with van der Waals surface area (Å²) < 4.78 is 10.9. The molecule has 0 radical (unpaired) electrons. The van der Waals surface area contributed by atoms with Gasteiger partial charge in [0.1, 0.15) is 0 Å². The molecular formula is C19H29N5O3. The summed E-state index contributed by atoms with van der Waals surface area (Å²) in [7, 11) is 0. The summed E-state index contributed by atoms with van der Waals surface area (Å²) in [5.74, 6) is 2.05. The Morgan fingerprint density at radius 2 is 1.67 bits per heavy atom. The Hall–Kier alpha value is -1.93. The smallest absolute Gasteiger partial charge is 0.223 e. The van der Waals surface area contributed by atoms with Gasteiger partial charge in [0.05, 0.1) is 19.3 Å². The minimum atomic E-state index is 0.0863. The minimum Gasteiger partial charge on any atom is -0.378 e. The average molecular weight is 375 g/mol. The zero-order chi connectivity index (χ0) is 18.5. The molecular weight excluding hydrogens is 346 g/mol. The number of carbonyl (C=O) groups is 1. The molecule has 0 spiro atoms. The van der Waals surface area contributed by atoms with Crippen LogP contribution in [0, 0.1) is 5.92 Å². The highest BCUT2D eigenvalue weighted by atomic mass is 16.5. The Bertz CT molecular complexity index is 606. The zero-order valence-corrected chi connectivity index (χ0v) is 15.8. The van der Waals surface area contributed by atoms with Crippen molar-refractivity contribution in [3.63, 3.8) is 0 Å². The molecule has 1 N–H and O–H groups in total. The summed E-state index contributed by atoms with van der Waals surface area (Å²) in [4.78, 5) is 16.8. The molecule has 0 saturated carbocycles. The molecule has 8 heteroatoms. The van der Waals surface area contributed by atoms with Gasteiger partial charge in [0, 0.05) is 45.2 Å². The molecule has 0 bridgehead atoms. The van der Waals surface area contributed by atoms with Crippen molar-refractivity contribution in [1.82, 2.24) is 15.5 Å². The Morgan fingerprint density at radius 3 is 2.26 bits per heavy atom. The third kappa shape index (κ3) is 4.68. The van der Waals surface area contributed by atoms with Gasteiger partial charge in [-0.2, -0.15) is 0 Å². The lowest BCUT2D eigenvalue weighted by molar-refractivity contribution is -0.126. The predicted molar refractivity (Wildman–Crippen MR) is 102 cm³/mol. The second kappa shape index (κ2) is 8.84. The number of morpholine rings is 1. The van der Waals surface area contributed by atoms with Gasteiger partial charge in [-0.3, -0.25) is 4.79 Å². The number of hydrogen-bond donors (Lipinski definition) is 1. The van der Waals surface area contributed by atoms with Crippen LogP contribution in [0.2, 0.25) is 0 Å². The van der Waals surface area contributed by atoms with Gasteiger partial charge >= 0.3 is 0 Å². The van der Waals surface area contributed by atoms with E-state index in [2.05, 4.69) is 25.3 Å². The standard InChI is InChI=1S/C19H29N5O3/c25-19(20-14-16-2-1-11-27-16)15-5-7-23(8-6-15)17-3-4-18(22-21-17)24-9-12-26-13-10-24/h3-4,15-16H,1-2,5-14H2,(H,20,25). The summed E-state index contributed by atoms with van der Waals surface area (Å²) in [6.45, 7) is 6.35. The molecule has 3 aliphatic rings. The first-order chi connectivity index (χ1) is 13.3. The van der Waals surface area contributed by atoms with Gasteiger partial charge in [-0.1, -0.05) is 0 Å². The van der Waals surface area contributed by atoms with Gasteiger partial charge in [-0.25, -0.2) is 0 Å². The van der Waals surface area contributed by atoms with Crippen LogP contribution in [0.5, 0.6) is 0 Å². The molecule has 3 saturated heterocycles. The summed E-state index contributed by atoms with van der Waals surface area (Å²) in [5, 5.41) is 11.9. The van der Waals surface area contributed by atoms with Crippen LogP contribution in [0.3, 0.4) is 0 Å². The maximum Gasteiger partial charge on any atom is 0.223 e. The maximum atomic E-state index is 12.4. The molecule has 3 fully saturated rings. The fraction of sp³-hybridized carbons (Fsp3) is 0.737. The fourth-order valence-corrected chi connectivity index (χ4v) is 3.98. The first kappa shape index (κ1) is 18.4. The topological polar surface area (TPSA) is 79.8 Å². The highest BCUT2D eigenvalue weighted by Gasteiger charge is 2.27. The van der Waals surface area contributed by atoms with E-state index in [0.717, 1.165) is 83.3 Å². The van der Waals surface area contributed by atoms with Crippen LogP contribution < -0.4 is 15.1 Å².